The summed E-state index contributed by atoms with van der Waals surface area (Å²) in [6, 6.07) is 8.17. The first kappa shape index (κ1) is 15.8. The third-order valence-electron chi connectivity index (χ3n) is 4.33. The number of benzene rings is 1. The molecule has 1 saturated carbocycles. The van der Waals surface area contributed by atoms with Crippen molar-refractivity contribution in [2.45, 2.75) is 51.5 Å². The minimum absolute atomic E-state index is 0.151. The molecule has 1 aromatic carbocycles. The van der Waals surface area contributed by atoms with Gasteiger partial charge in [-0.25, -0.2) is 0 Å². The molecule has 1 fully saturated rings. The van der Waals surface area contributed by atoms with Gasteiger partial charge in [-0.1, -0.05) is 38.8 Å². The van der Waals surface area contributed by atoms with Gasteiger partial charge in [0, 0.05) is 10.2 Å². The first-order chi connectivity index (χ1) is 9.54. The molecule has 1 aliphatic rings. The number of halogens is 1. The Hall–Kier alpha value is -0.540. The standard InChI is InChI=1S/C17H26BrNO/c1-13(2)10-14-6-5-9-17(11-14,12-20)19-16-8-4-3-7-15(16)18/h3-4,7-8,13-14,19-20H,5-6,9-12H2,1-2H3. The average molecular weight is 340 g/mol. The Morgan fingerprint density at radius 2 is 2.15 bits per heavy atom. The summed E-state index contributed by atoms with van der Waals surface area (Å²) < 4.78 is 1.07. The highest BCUT2D eigenvalue weighted by Crippen LogP contribution is 2.38. The SMILES string of the molecule is CC(C)CC1CCCC(CO)(Nc2ccccc2Br)C1. The lowest BCUT2D eigenvalue weighted by Gasteiger charge is -2.42. The molecular formula is C17H26BrNO. The van der Waals surface area contributed by atoms with E-state index in [4.69, 9.17) is 0 Å². The Kier molecular flexibility index (Phi) is 5.50. The van der Waals surface area contributed by atoms with Gasteiger partial charge in [0.25, 0.3) is 0 Å². The largest absolute Gasteiger partial charge is 0.394 e. The van der Waals surface area contributed by atoms with Gasteiger partial charge in [0.1, 0.15) is 0 Å². The molecule has 2 atom stereocenters. The number of para-hydroxylation sites is 1. The Morgan fingerprint density at radius 3 is 2.80 bits per heavy atom. The van der Waals surface area contributed by atoms with E-state index >= 15 is 0 Å². The normalized spacial score (nSPS) is 26.8. The fraction of sp³-hybridized carbons (Fsp3) is 0.647. The third kappa shape index (κ3) is 3.98. The van der Waals surface area contributed by atoms with E-state index in [9.17, 15) is 5.11 Å². The minimum atomic E-state index is -0.151. The first-order valence-corrected chi connectivity index (χ1v) is 8.47. The molecule has 1 aromatic rings. The van der Waals surface area contributed by atoms with E-state index in [0.717, 1.165) is 34.8 Å². The molecule has 2 rings (SSSR count). The van der Waals surface area contributed by atoms with E-state index in [1.807, 2.05) is 18.2 Å². The first-order valence-electron chi connectivity index (χ1n) is 7.68. The number of anilines is 1. The zero-order valence-electron chi connectivity index (χ0n) is 12.5. The Morgan fingerprint density at radius 1 is 1.40 bits per heavy atom. The van der Waals surface area contributed by atoms with Crippen LogP contribution in [-0.4, -0.2) is 17.3 Å². The number of aliphatic hydroxyl groups excluding tert-OH is 1. The molecule has 0 radical (unpaired) electrons. The lowest BCUT2D eigenvalue weighted by molar-refractivity contribution is 0.135. The zero-order valence-corrected chi connectivity index (χ0v) is 14.1. The molecule has 3 heteroatoms. The van der Waals surface area contributed by atoms with E-state index in [-0.39, 0.29) is 12.1 Å². The Labute approximate surface area is 131 Å². The Balaban J connectivity index is 2.10. The third-order valence-corrected chi connectivity index (χ3v) is 5.02. The van der Waals surface area contributed by atoms with E-state index < -0.39 is 0 Å². The second-order valence-corrected chi connectivity index (χ2v) is 7.49. The average Bonchev–Trinajstić information content (AvgIpc) is 2.41. The van der Waals surface area contributed by atoms with Crippen LogP contribution in [0.1, 0.15) is 46.0 Å². The van der Waals surface area contributed by atoms with Crippen LogP contribution in [0.4, 0.5) is 5.69 Å². The highest BCUT2D eigenvalue weighted by atomic mass is 79.9. The van der Waals surface area contributed by atoms with Gasteiger partial charge in [0.2, 0.25) is 0 Å². The fourth-order valence-corrected chi connectivity index (χ4v) is 3.88. The van der Waals surface area contributed by atoms with E-state index in [1.54, 1.807) is 0 Å². The molecule has 0 saturated heterocycles. The van der Waals surface area contributed by atoms with Crippen molar-refractivity contribution < 1.29 is 5.11 Å². The highest BCUT2D eigenvalue weighted by Gasteiger charge is 2.36. The highest BCUT2D eigenvalue weighted by molar-refractivity contribution is 9.10. The van der Waals surface area contributed by atoms with Crippen molar-refractivity contribution in [3.63, 3.8) is 0 Å². The van der Waals surface area contributed by atoms with Crippen LogP contribution in [0.25, 0.3) is 0 Å². The number of hydrogen-bond acceptors (Lipinski definition) is 2. The number of aliphatic hydroxyl groups is 1. The number of hydrogen-bond donors (Lipinski definition) is 2. The van der Waals surface area contributed by atoms with Gasteiger partial charge in [-0.05, 0) is 59.2 Å². The molecule has 2 nitrogen and oxygen atoms in total. The van der Waals surface area contributed by atoms with Crippen LogP contribution in [0.5, 0.6) is 0 Å². The van der Waals surface area contributed by atoms with Crippen molar-refractivity contribution in [1.82, 2.24) is 0 Å². The predicted molar refractivity (Wildman–Crippen MR) is 89.0 cm³/mol. The van der Waals surface area contributed by atoms with Gasteiger partial charge in [0.05, 0.1) is 12.1 Å². The second-order valence-electron chi connectivity index (χ2n) is 6.64. The molecule has 2 N–H and O–H groups in total. The van der Waals surface area contributed by atoms with Crippen molar-refractivity contribution in [2.24, 2.45) is 11.8 Å². The van der Waals surface area contributed by atoms with E-state index in [0.29, 0.717) is 0 Å². The van der Waals surface area contributed by atoms with Gasteiger partial charge < -0.3 is 10.4 Å². The second kappa shape index (κ2) is 6.95. The van der Waals surface area contributed by atoms with Crippen LogP contribution in [0.3, 0.4) is 0 Å². The zero-order chi connectivity index (χ0) is 14.6. The van der Waals surface area contributed by atoms with Gasteiger partial charge in [-0.2, -0.15) is 0 Å². The van der Waals surface area contributed by atoms with Crippen molar-refractivity contribution in [3.05, 3.63) is 28.7 Å². The molecule has 0 aliphatic heterocycles. The summed E-state index contributed by atoms with van der Waals surface area (Å²) in [5.74, 6) is 1.46. The maximum atomic E-state index is 9.97. The quantitative estimate of drug-likeness (QED) is 0.805. The van der Waals surface area contributed by atoms with Crippen molar-refractivity contribution in [1.29, 1.82) is 0 Å². The summed E-state index contributed by atoms with van der Waals surface area (Å²) in [7, 11) is 0. The molecule has 0 heterocycles. The van der Waals surface area contributed by atoms with E-state index in [1.165, 1.54) is 19.3 Å². The smallest absolute Gasteiger partial charge is 0.0661 e. The molecule has 2 unspecified atom stereocenters. The maximum Gasteiger partial charge on any atom is 0.0661 e. The summed E-state index contributed by atoms with van der Waals surface area (Å²) >= 11 is 3.59. The molecule has 1 aliphatic carbocycles. The molecule has 20 heavy (non-hydrogen) atoms. The van der Waals surface area contributed by atoms with Crippen molar-refractivity contribution in [2.75, 3.05) is 11.9 Å². The lowest BCUT2D eigenvalue weighted by atomic mass is 9.73. The predicted octanol–water partition coefficient (Wildman–Crippen LogP) is 4.83. The van der Waals surface area contributed by atoms with Crippen LogP contribution < -0.4 is 5.32 Å². The summed E-state index contributed by atoms with van der Waals surface area (Å²) in [6.45, 7) is 4.79. The number of nitrogens with one attached hydrogen (secondary N) is 1. The van der Waals surface area contributed by atoms with Crippen LogP contribution in [0.15, 0.2) is 28.7 Å². The lowest BCUT2D eigenvalue weighted by Crippen LogP contribution is -2.46. The van der Waals surface area contributed by atoms with Crippen molar-refractivity contribution >= 4 is 21.6 Å². The molecule has 0 bridgehead atoms. The monoisotopic (exact) mass is 339 g/mol. The minimum Gasteiger partial charge on any atom is -0.394 e. The topological polar surface area (TPSA) is 32.3 Å². The summed E-state index contributed by atoms with van der Waals surface area (Å²) in [5, 5.41) is 13.6. The van der Waals surface area contributed by atoms with Crippen LogP contribution in [0.2, 0.25) is 0 Å². The van der Waals surface area contributed by atoms with Gasteiger partial charge in [0.15, 0.2) is 0 Å². The molecule has 0 aromatic heterocycles. The molecule has 0 spiro atoms. The summed E-state index contributed by atoms with van der Waals surface area (Å²) in [4.78, 5) is 0. The van der Waals surface area contributed by atoms with Crippen LogP contribution in [0, 0.1) is 11.8 Å². The van der Waals surface area contributed by atoms with Crippen LogP contribution in [-0.2, 0) is 0 Å². The molecule has 112 valence electrons. The van der Waals surface area contributed by atoms with Gasteiger partial charge >= 0.3 is 0 Å². The summed E-state index contributed by atoms with van der Waals surface area (Å²) in [5.41, 5.74) is 0.938. The van der Waals surface area contributed by atoms with Crippen molar-refractivity contribution in [3.8, 4) is 0 Å². The van der Waals surface area contributed by atoms with Gasteiger partial charge in [-0.15, -0.1) is 0 Å². The van der Waals surface area contributed by atoms with Gasteiger partial charge in [-0.3, -0.25) is 0 Å². The van der Waals surface area contributed by atoms with E-state index in [2.05, 4.69) is 41.2 Å². The molecular weight excluding hydrogens is 314 g/mol. The Bertz CT molecular complexity index is 435. The number of rotatable bonds is 5. The van der Waals surface area contributed by atoms with Crippen LogP contribution >= 0.6 is 15.9 Å². The maximum absolute atomic E-state index is 9.97. The molecule has 0 amide bonds. The fourth-order valence-electron chi connectivity index (χ4n) is 3.50. The summed E-state index contributed by atoms with van der Waals surface area (Å²) in [6.07, 6.45) is 5.90.